The van der Waals surface area contributed by atoms with Gasteiger partial charge in [-0.2, -0.15) is 13.2 Å². The van der Waals surface area contributed by atoms with Crippen LogP contribution < -0.4 is 10.6 Å². The number of hydrogen-bond acceptors (Lipinski definition) is 2. The van der Waals surface area contributed by atoms with Gasteiger partial charge in [-0.05, 0) is 47.5 Å². The second-order valence-corrected chi connectivity index (χ2v) is 5.93. The minimum absolute atomic E-state index is 0.0219. The maximum absolute atomic E-state index is 12.5. The number of benzene rings is 3. The van der Waals surface area contributed by atoms with Crippen molar-refractivity contribution >= 4 is 23.2 Å². The average molecular weight is 384 g/mol. The van der Waals surface area contributed by atoms with Crippen molar-refractivity contribution in [2.75, 3.05) is 10.6 Å². The highest BCUT2D eigenvalue weighted by Crippen LogP contribution is 2.22. The topological polar surface area (TPSA) is 58.2 Å². The maximum Gasteiger partial charge on any atom is 0.471 e. The summed E-state index contributed by atoms with van der Waals surface area (Å²) >= 11 is 0. The van der Waals surface area contributed by atoms with E-state index in [1.807, 2.05) is 36.4 Å². The lowest BCUT2D eigenvalue weighted by Crippen LogP contribution is -2.29. The first-order chi connectivity index (χ1) is 13.3. The zero-order chi connectivity index (χ0) is 20.1. The third-order valence-electron chi connectivity index (χ3n) is 3.89. The normalized spacial score (nSPS) is 11.0. The van der Waals surface area contributed by atoms with Crippen molar-refractivity contribution in [3.8, 4) is 11.1 Å². The number of hydrogen-bond donors (Lipinski definition) is 2. The largest absolute Gasteiger partial charge is 0.471 e. The second kappa shape index (κ2) is 7.96. The number of carbonyl (C=O) groups excluding carboxylic acids is 2. The standard InChI is InChI=1S/C21H15F3N2O2/c22-21(23,24)20(28)26-18-11-9-17(10-12-18)25-19(27)16-8-4-7-15(13-16)14-5-2-1-3-6-14/h1-13H,(H,25,27)(H,26,28). The molecule has 28 heavy (non-hydrogen) atoms. The molecule has 0 aliphatic carbocycles. The lowest BCUT2D eigenvalue weighted by atomic mass is 10.0. The number of amides is 2. The van der Waals surface area contributed by atoms with Gasteiger partial charge in [-0.3, -0.25) is 9.59 Å². The van der Waals surface area contributed by atoms with E-state index in [0.717, 1.165) is 11.1 Å². The van der Waals surface area contributed by atoms with Gasteiger partial charge < -0.3 is 10.6 Å². The van der Waals surface area contributed by atoms with Gasteiger partial charge in [0.25, 0.3) is 5.91 Å². The first-order valence-corrected chi connectivity index (χ1v) is 8.28. The van der Waals surface area contributed by atoms with E-state index in [9.17, 15) is 22.8 Å². The molecule has 3 aromatic carbocycles. The predicted octanol–water partition coefficient (Wildman–Crippen LogP) is 5.11. The van der Waals surface area contributed by atoms with Crippen LogP contribution in [0.2, 0.25) is 0 Å². The van der Waals surface area contributed by atoms with Crippen LogP contribution in [0.1, 0.15) is 10.4 Å². The van der Waals surface area contributed by atoms with Crippen LogP contribution in [0.3, 0.4) is 0 Å². The first-order valence-electron chi connectivity index (χ1n) is 8.28. The van der Waals surface area contributed by atoms with Crippen molar-refractivity contribution in [1.29, 1.82) is 0 Å². The molecule has 0 bridgehead atoms. The van der Waals surface area contributed by atoms with Crippen LogP contribution in [0.5, 0.6) is 0 Å². The monoisotopic (exact) mass is 384 g/mol. The van der Waals surface area contributed by atoms with E-state index in [2.05, 4.69) is 5.32 Å². The molecule has 142 valence electrons. The van der Waals surface area contributed by atoms with Gasteiger partial charge in [-0.1, -0.05) is 42.5 Å². The van der Waals surface area contributed by atoms with Crippen molar-refractivity contribution in [1.82, 2.24) is 0 Å². The van der Waals surface area contributed by atoms with Gasteiger partial charge in [-0.15, -0.1) is 0 Å². The average Bonchev–Trinajstić information content (AvgIpc) is 2.69. The summed E-state index contributed by atoms with van der Waals surface area (Å²) in [5.41, 5.74) is 2.67. The summed E-state index contributed by atoms with van der Waals surface area (Å²) in [4.78, 5) is 23.4. The predicted molar refractivity (Wildman–Crippen MR) is 101 cm³/mol. The lowest BCUT2D eigenvalue weighted by molar-refractivity contribution is -0.167. The Labute approximate surface area is 159 Å². The summed E-state index contributed by atoms with van der Waals surface area (Å²) in [7, 11) is 0. The molecule has 0 saturated heterocycles. The molecule has 4 nitrogen and oxygen atoms in total. The fourth-order valence-electron chi connectivity index (χ4n) is 2.51. The minimum Gasteiger partial charge on any atom is -0.322 e. The highest BCUT2D eigenvalue weighted by atomic mass is 19.4. The van der Waals surface area contributed by atoms with Crippen LogP contribution in [0.15, 0.2) is 78.9 Å². The molecule has 0 atom stereocenters. The molecule has 0 aliphatic heterocycles. The lowest BCUT2D eigenvalue weighted by Gasteiger charge is -2.10. The molecule has 0 fully saturated rings. The summed E-state index contributed by atoms with van der Waals surface area (Å²) in [5, 5.41) is 4.42. The van der Waals surface area contributed by atoms with Crippen LogP contribution in [0, 0.1) is 0 Å². The fourth-order valence-corrected chi connectivity index (χ4v) is 2.51. The van der Waals surface area contributed by atoms with Crippen LogP contribution in [0.25, 0.3) is 11.1 Å². The van der Waals surface area contributed by atoms with Gasteiger partial charge in [0, 0.05) is 16.9 Å². The van der Waals surface area contributed by atoms with E-state index >= 15 is 0 Å². The van der Waals surface area contributed by atoms with Crippen molar-refractivity contribution in [2.24, 2.45) is 0 Å². The number of anilines is 2. The Kier molecular flexibility index (Phi) is 5.44. The number of alkyl halides is 3. The Morgan fingerprint density at radius 1 is 0.679 bits per heavy atom. The molecule has 0 aliphatic rings. The quantitative estimate of drug-likeness (QED) is 0.657. The van der Waals surface area contributed by atoms with Crippen molar-refractivity contribution in [3.05, 3.63) is 84.4 Å². The molecule has 0 spiro atoms. The van der Waals surface area contributed by atoms with E-state index in [1.54, 1.807) is 23.5 Å². The molecule has 2 N–H and O–H groups in total. The molecule has 3 aromatic rings. The highest BCUT2D eigenvalue weighted by molar-refractivity contribution is 6.05. The fraction of sp³-hybridized carbons (Fsp3) is 0.0476. The molecular formula is C21H15F3N2O2. The summed E-state index contributed by atoms with van der Waals surface area (Å²) < 4.78 is 36.8. The number of carbonyl (C=O) groups is 2. The molecular weight excluding hydrogens is 369 g/mol. The second-order valence-electron chi connectivity index (χ2n) is 5.93. The smallest absolute Gasteiger partial charge is 0.322 e. The Hall–Kier alpha value is -3.61. The molecule has 0 saturated carbocycles. The van der Waals surface area contributed by atoms with E-state index in [4.69, 9.17) is 0 Å². The Bertz CT molecular complexity index is 985. The zero-order valence-corrected chi connectivity index (χ0v) is 14.5. The molecule has 3 rings (SSSR count). The van der Waals surface area contributed by atoms with Gasteiger partial charge in [0.05, 0.1) is 0 Å². The summed E-state index contributed by atoms with van der Waals surface area (Å²) in [6, 6.07) is 22.0. The molecule has 0 heterocycles. The Balaban J connectivity index is 1.69. The number of halogens is 3. The number of rotatable bonds is 4. The molecule has 0 aromatic heterocycles. The van der Waals surface area contributed by atoms with Crippen LogP contribution in [-0.2, 0) is 4.79 Å². The van der Waals surface area contributed by atoms with Crippen LogP contribution in [0.4, 0.5) is 24.5 Å². The van der Waals surface area contributed by atoms with Crippen molar-refractivity contribution < 1.29 is 22.8 Å². The van der Waals surface area contributed by atoms with Gasteiger partial charge in [0.1, 0.15) is 0 Å². The number of nitrogens with one attached hydrogen (secondary N) is 2. The van der Waals surface area contributed by atoms with Crippen molar-refractivity contribution in [3.63, 3.8) is 0 Å². The third kappa shape index (κ3) is 4.76. The third-order valence-corrected chi connectivity index (χ3v) is 3.89. The van der Waals surface area contributed by atoms with Crippen molar-refractivity contribution in [2.45, 2.75) is 6.18 Å². The summed E-state index contributed by atoms with van der Waals surface area (Å²) in [5.74, 6) is -2.41. The van der Waals surface area contributed by atoms with Crippen LogP contribution >= 0.6 is 0 Å². The van der Waals surface area contributed by atoms with Gasteiger partial charge in [-0.25, -0.2) is 0 Å². The van der Waals surface area contributed by atoms with Gasteiger partial charge in [0.15, 0.2) is 0 Å². The minimum atomic E-state index is -4.96. The Morgan fingerprint density at radius 2 is 1.25 bits per heavy atom. The van der Waals surface area contributed by atoms with E-state index < -0.39 is 12.1 Å². The molecule has 0 unspecified atom stereocenters. The van der Waals surface area contributed by atoms with E-state index in [0.29, 0.717) is 11.3 Å². The van der Waals surface area contributed by atoms with Gasteiger partial charge in [0.2, 0.25) is 0 Å². The highest BCUT2D eigenvalue weighted by Gasteiger charge is 2.38. The first kappa shape index (κ1) is 19.2. The molecule has 2 amide bonds. The summed E-state index contributed by atoms with van der Waals surface area (Å²) in [6.45, 7) is 0. The molecule has 7 heteroatoms. The van der Waals surface area contributed by atoms with Gasteiger partial charge >= 0.3 is 12.1 Å². The Morgan fingerprint density at radius 3 is 1.86 bits per heavy atom. The SMILES string of the molecule is O=C(Nc1ccc(NC(=O)C(F)(F)F)cc1)c1cccc(-c2ccccc2)c1. The molecule has 0 radical (unpaired) electrons. The zero-order valence-electron chi connectivity index (χ0n) is 14.5. The van der Waals surface area contributed by atoms with E-state index in [1.165, 1.54) is 24.3 Å². The maximum atomic E-state index is 12.5. The summed E-state index contributed by atoms with van der Waals surface area (Å²) in [6.07, 6.45) is -4.96. The van der Waals surface area contributed by atoms with E-state index in [-0.39, 0.29) is 11.6 Å². The van der Waals surface area contributed by atoms with Crippen LogP contribution in [-0.4, -0.2) is 18.0 Å².